The monoisotopic (exact) mass is 291 g/mol. The summed E-state index contributed by atoms with van der Waals surface area (Å²) >= 11 is 0. The fourth-order valence-corrected chi connectivity index (χ4v) is 1.58. The third kappa shape index (κ3) is 2.74. The fourth-order valence-electron chi connectivity index (χ4n) is 1.58. The van der Waals surface area contributed by atoms with Crippen molar-refractivity contribution in [2.45, 2.75) is 13.3 Å². The molecule has 0 saturated heterocycles. The highest BCUT2D eigenvalue weighted by Gasteiger charge is 2.31. The van der Waals surface area contributed by atoms with Crippen LogP contribution < -0.4 is 0 Å². The number of carbonyl (C=O) groups excluding carboxylic acids is 1. The minimum atomic E-state index is -2.31. The Hall–Kier alpha value is -2.10. The van der Waals surface area contributed by atoms with Gasteiger partial charge in [0.05, 0.1) is 6.54 Å². The highest BCUT2D eigenvalue weighted by atomic mass is 19.2. The van der Waals surface area contributed by atoms with Crippen molar-refractivity contribution < 1.29 is 26.7 Å². The normalized spacial score (nSPS) is 10.2. The molecule has 0 aliphatic carbocycles. The van der Waals surface area contributed by atoms with E-state index in [1.54, 1.807) is 6.92 Å². The Labute approximate surface area is 112 Å². The Morgan fingerprint density at radius 1 is 1.05 bits per heavy atom. The van der Waals surface area contributed by atoms with Crippen LogP contribution >= 0.6 is 0 Å². The Kier molecular flexibility index (Phi) is 5.08. The third-order valence-corrected chi connectivity index (χ3v) is 2.49. The maximum Gasteiger partial charge on any atom is 0.260 e. The van der Waals surface area contributed by atoms with Gasteiger partial charge < -0.3 is 4.90 Å². The molecule has 0 saturated carbocycles. The van der Waals surface area contributed by atoms with E-state index in [4.69, 9.17) is 6.42 Å². The minimum Gasteiger partial charge on any atom is -0.327 e. The number of carbonyl (C=O) groups is 1. The van der Waals surface area contributed by atoms with E-state index >= 15 is 0 Å². The van der Waals surface area contributed by atoms with E-state index in [1.807, 2.05) is 0 Å². The van der Waals surface area contributed by atoms with Crippen LogP contribution in [0, 0.1) is 41.4 Å². The zero-order valence-electron chi connectivity index (χ0n) is 10.4. The lowest BCUT2D eigenvalue weighted by molar-refractivity contribution is 0.0763. The standard InChI is InChI=1S/C13H10F5NO/c1-3-5-19(6-4-2)13(20)7-8(14)10(16)12(18)11(17)9(7)15/h1H,4-6H2,2H3. The second kappa shape index (κ2) is 6.37. The molecule has 2 nitrogen and oxygen atoms in total. The summed E-state index contributed by atoms with van der Waals surface area (Å²) in [6.45, 7) is 1.39. The lowest BCUT2D eigenvalue weighted by atomic mass is 10.1. The molecule has 1 rings (SSSR count). The first-order chi connectivity index (χ1) is 9.36. The number of amides is 1. The van der Waals surface area contributed by atoms with Crippen LogP contribution in [0.4, 0.5) is 22.0 Å². The summed E-state index contributed by atoms with van der Waals surface area (Å²) in [6.07, 6.45) is 5.40. The number of terminal acetylenes is 1. The van der Waals surface area contributed by atoms with Gasteiger partial charge in [0.1, 0.15) is 5.56 Å². The van der Waals surface area contributed by atoms with Gasteiger partial charge in [0.2, 0.25) is 5.82 Å². The molecule has 20 heavy (non-hydrogen) atoms. The quantitative estimate of drug-likeness (QED) is 0.361. The highest BCUT2D eigenvalue weighted by Crippen LogP contribution is 2.24. The Morgan fingerprint density at radius 3 is 1.90 bits per heavy atom. The number of hydrogen-bond acceptors (Lipinski definition) is 1. The lowest BCUT2D eigenvalue weighted by Crippen LogP contribution is -2.34. The molecule has 0 bridgehead atoms. The van der Waals surface area contributed by atoms with Gasteiger partial charge in [-0.25, -0.2) is 22.0 Å². The molecule has 1 aromatic rings. The summed E-state index contributed by atoms with van der Waals surface area (Å²) in [6, 6.07) is 0. The van der Waals surface area contributed by atoms with E-state index in [-0.39, 0.29) is 13.1 Å². The lowest BCUT2D eigenvalue weighted by Gasteiger charge is -2.20. The zero-order chi connectivity index (χ0) is 15.4. The van der Waals surface area contributed by atoms with E-state index in [1.165, 1.54) is 0 Å². The van der Waals surface area contributed by atoms with Gasteiger partial charge in [-0.2, -0.15) is 0 Å². The van der Waals surface area contributed by atoms with Crippen LogP contribution in [0.15, 0.2) is 0 Å². The predicted octanol–water partition coefficient (Wildman–Crippen LogP) is 2.87. The van der Waals surface area contributed by atoms with Crippen molar-refractivity contribution in [2.24, 2.45) is 0 Å². The van der Waals surface area contributed by atoms with Crippen LogP contribution in [0.3, 0.4) is 0 Å². The summed E-state index contributed by atoms with van der Waals surface area (Å²) in [5.74, 6) is -10.2. The van der Waals surface area contributed by atoms with E-state index in [9.17, 15) is 26.7 Å². The molecular weight excluding hydrogens is 281 g/mol. The Balaban J connectivity index is 3.39. The molecule has 0 radical (unpaired) electrons. The van der Waals surface area contributed by atoms with Gasteiger partial charge in [0.15, 0.2) is 23.3 Å². The first-order valence-electron chi connectivity index (χ1n) is 5.60. The molecule has 7 heteroatoms. The number of benzene rings is 1. The molecular formula is C13H10F5NO. The summed E-state index contributed by atoms with van der Waals surface area (Å²) in [4.78, 5) is 12.7. The highest BCUT2D eigenvalue weighted by molar-refractivity contribution is 5.95. The van der Waals surface area contributed by atoms with Gasteiger partial charge >= 0.3 is 0 Å². The first-order valence-corrected chi connectivity index (χ1v) is 5.60. The van der Waals surface area contributed by atoms with Crippen LogP contribution in [-0.2, 0) is 0 Å². The SMILES string of the molecule is C#CCN(CCC)C(=O)c1c(F)c(F)c(F)c(F)c1F. The largest absolute Gasteiger partial charge is 0.327 e. The molecule has 0 N–H and O–H groups in total. The van der Waals surface area contributed by atoms with E-state index < -0.39 is 40.6 Å². The van der Waals surface area contributed by atoms with Gasteiger partial charge in [-0.05, 0) is 6.42 Å². The van der Waals surface area contributed by atoms with Gasteiger partial charge in [0, 0.05) is 6.54 Å². The topological polar surface area (TPSA) is 20.3 Å². The molecule has 108 valence electrons. The molecule has 0 unspecified atom stereocenters. The summed E-state index contributed by atoms with van der Waals surface area (Å²) < 4.78 is 65.9. The molecule has 0 atom stereocenters. The van der Waals surface area contributed by atoms with E-state index in [2.05, 4.69) is 5.92 Å². The maximum atomic E-state index is 13.5. The molecule has 0 spiro atoms. The minimum absolute atomic E-state index is 0.0303. The molecule has 0 aliphatic heterocycles. The Morgan fingerprint density at radius 2 is 1.50 bits per heavy atom. The third-order valence-electron chi connectivity index (χ3n) is 2.49. The second-order valence-electron chi connectivity index (χ2n) is 3.88. The van der Waals surface area contributed by atoms with Gasteiger partial charge in [-0.3, -0.25) is 4.79 Å². The van der Waals surface area contributed by atoms with Crippen LogP contribution in [0.5, 0.6) is 0 Å². The van der Waals surface area contributed by atoms with Crippen LogP contribution in [0.1, 0.15) is 23.7 Å². The molecule has 0 heterocycles. The average Bonchev–Trinajstić information content (AvgIpc) is 2.43. The van der Waals surface area contributed by atoms with Crippen molar-refractivity contribution in [2.75, 3.05) is 13.1 Å². The molecule has 1 amide bonds. The smallest absolute Gasteiger partial charge is 0.260 e. The first kappa shape index (κ1) is 16.0. The number of halogens is 5. The number of nitrogens with zero attached hydrogens (tertiary/aromatic N) is 1. The van der Waals surface area contributed by atoms with Crippen molar-refractivity contribution in [3.63, 3.8) is 0 Å². The van der Waals surface area contributed by atoms with E-state index in [0.29, 0.717) is 6.42 Å². The van der Waals surface area contributed by atoms with Crippen molar-refractivity contribution in [1.29, 1.82) is 0 Å². The van der Waals surface area contributed by atoms with Crippen molar-refractivity contribution in [3.05, 3.63) is 34.6 Å². The van der Waals surface area contributed by atoms with Crippen molar-refractivity contribution in [1.82, 2.24) is 4.90 Å². The molecule has 1 aromatic carbocycles. The van der Waals surface area contributed by atoms with Gasteiger partial charge in [-0.1, -0.05) is 12.8 Å². The molecule has 0 aromatic heterocycles. The Bertz CT molecular complexity index is 550. The number of rotatable bonds is 4. The summed E-state index contributed by atoms with van der Waals surface area (Å²) in [7, 11) is 0. The van der Waals surface area contributed by atoms with Crippen molar-refractivity contribution in [3.8, 4) is 12.3 Å². The van der Waals surface area contributed by atoms with Crippen LogP contribution in [0.25, 0.3) is 0 Å². The van der Waals surface area contributed by atoms with Gasteiger partial charge in [-0.15, -0.1) is 6.42 Å². The fraction of sp³-hybridized carbons (Fsp3) is 0.308. The average molecular weight is 291 g/mol. The van der Waals surface area contributed by atoms with Crippen LogP contribution in [0.2, 0.25) is 0 Å². The van der Waals surface area contributed by atoms with E-state index in [0.717, 1.165) is 4.90 Å². The summed E-state index contributed by atoms with van der Waals surface area (Å²) in [5, 5.41) is 0. The zero-order valence-corrected chi connectivity index (χ0v) is 10.4. The van der Waals surface area contributed by atoms with Crippen molar-refractivity contribution >= 4 is 5.91 Å². The summed E-state index contributed by atoms with van der Waals surface area (Å²) in [5.41, 5.74) is -1.50. The predicted molar refractivity (Wildman–Crippen MR) is 61.3 cm³/mol. The van der Waals surface area contributed by atoms with Crippen LogP contribution in [-0.4, -0.2) is 23.9 Å². The van der Waals surface area contributed by atoms with Gasteiger partial charge in [0.25, 0.3) is 5.91 Å². The maximum absolute atomic E-state index is 13.5. The molecule has 0 fully saturated rings. The second-order valence-corrected chi connectivity index (χ2v) is 3.88. The number of hydrogen-bond donors (Lipinski definition) is 0. The molecule has 0 aliphatic rings.